The minimum atomic E-state index is 0.162. The van der Waals surface area contributed by atoms with Crippen molar-refractivity contribution in [3.8, 4) is 22.9 Å². The molecule has 0 aliphatic rings. The summed E-state index contributed by atoms with van der Waals surface area (Å²) in [5, 5.41) is 0. The molecule has 152 valence electrons. The number of hydrogen-bond acceptors (Lipinski definition) is 5. The lowest BCUT2D eigenvalue weighted by molar-refractivity contribution is -0.117. The minimum Gasteiger partial charge on any atom is -0.463 e. The number of furan rings is 2. The van der Waals surface area contributed by atoms with Crippen molar-refractivity contribution < 1.29 is 13.6 Å². The van der Waals surface area contributed by atoms with Crippen LogP contribution in [0.1, 0.15) is 16.7 Å². The Labute approximate surface area is 179 Å². The molecule has 31 heavy (non-hydrogen) atoms. The van der Waals surface area contributed by atoms with Crippen LogP contribution in [-0.2, 0) is 17.6 Å². The molecule has 0 saturated carbocycles. The SMILES string of the molecule is Cc1ccc(CC(=O)Cc2ccc3nc(-c4ccco4)c(-c4ccco4)nc3c2)cc1. The molecule has 0 fully saturated rings. The van der Waals surface area contributed by atoms with Gasteiger partial charge in [0.2, 0.25) is 0 Å². The number of carbonyl (C=O) groups is 1. The van der Waals surface area contributed by atoms with Crippen molar-refractivity contribution in [2.75, 3.05) is 0 Å². The van der Waals surface area contributed by atoms with Crippen LogP contribution in [0.25, 0.3) is 33.9 Å². The number of nitrogens with zero attached hydrogens (tertiary/aromatic N) is 2. The first-order valence-corrected chi connectivity index (χ1v) is 10.1. The zero-order chi connectivity index (χ0) is 21.2. The summed E-state index contributed by atoms with van der Waals surface area (Å²) in [5.74, 6) is 1.40. The van der Waals surface area contributed by atoms with Crippen molar-refractivity contribution in [3.05, 3.63) is 95.9 Å². The number of ketones is 1. The predicted octanol–water partition coefficient (Wildman–Crippen LogP) is 5.81. The van der Waals surface area contributed by atoms with Gasteiger partial charge in [-0.15, -0.1) is 0 Å². The van der Waals surface area contributed by atoms with Crippen LogP contribution in [0.2, 0.25) is 0 Å². The van der Waals surface area contributed by atoms with E-state index in [1.165, 1.54) is 5.56 Å². The van der Waals surface area contributed by atoms with Gasteiger partial charge in [0.25, 0.3) is 0 Å². The second-order valence-electron chi connectivity index (χ2n) is 7.58. The van der Waals surface area contributed by atoms with E-state index in [4.69, 9.17) is 18.8 Å². The summed E-state index contributed by atoms with van der Waals surface area (Å²) in [4.78, 5) is 22.2. The summed E-state index contributed by atoms with van der Waals surface area (Å²) in [6, 6.07) is 21.1. The van der Waals surface area contributed by atoms with E-state index in [0.29, 0.717) is 41.3 Å². The van der Waals surface area contributed by atoms with Crippen LogP contribution in [0.4, 0.5) is 0 Å². The van der Waals surface area contributed by atoms with Gasteiger partial charge < -0.3 is 8.83 Å². The van der Waals surface area contributed by atoms with Gasteiger partial charge in [0.05, 0.1) is 23.6 Å². The molecule has 0 amide bonds. The van der Waals surface area contributed by atoms with Crippen LogP contribution in [0, 0.1) is 6.92 Å². The second-order valence-corrected chi connectivity index (χ2v) is 7.58. The minimum absolute atomic E-state index is 0.162. The fourth-order valence-corrected chi connectivity index (χ4v) is 3.60. The highest BCUT2D eigenvalue weighted by Gasteiger charge is 2.17. The van der Waals surface area contributed by atoms with E-state index in [-0.39, 0.29) is 5.78 Å². The Hall–Kier alpha value is -3.99. The molecular weight excluding hydrogens is 388 g/mol. The van der Waals surface area contributed by atoms with Gasteiger partial charge in [0, 0.05) is 12.8 Å². The van der Waals surface area contributed by atoms with Gasteiger partial charge in [0.15, 0.2) is 11.5 Å². The van der Waals surface area contributed by atoms with E-state index in [2.05, 4.69) is 0 Å². The molecule has 0 aliphatic heterocycles. The van der Waals surface area contributed by atoms with Crippen LogP contribution in [0.15, 0.2) is 88.1 Å². The Morgan fingerprint density at radius 3 is 1.94 bits per heavy atom. The summed E-state index contributed by atoms with van der Waals surface area (Å²) in [7, 11) is 0. The Bertz CT molecular complexity index is 1340. The van der Waals surface area contributed by atoms with E-state index in [1.54, 1.807) is 12.5 Å². The van der Waals surface area contributed by atoms with Gasteiger partial charge in [-0.2, -0.15) is 0 Å². The lowest BCUT2D eigenvalue weighted by atomic mass is 10.0. The van der Waals surface area contributed by atoms with Crippen molar-refractivity contribution in [2.45, 2.75) is 19.8 Å². The maximum Gasteiger partial charge on any atom is 0.154 e. The highest BCUT2D eigenvalue weighted by Crippen LogP contribution is 2.31. The zero-order valence-corrected chi connectivity index (χ0v) is 17.0. The second kappa shape index (κ2) is 8.03. The largest absolute Gasteiger partial charge is 0.463 e. The third-order valence-electron chi connectivity index (χ3n) is 5.16. The molecule has 0 radical (unpaired) electrons. The van der Waals surface area contributed by atoms with Crippen molar-refractivity contribution in [1.82, 2.24) is 9.97 Å². The smallest absolute Gasteiger partial charge is 0.154 e. The van der Waals surface area contributed by atoms with Crippen molar-refractivity contribution in [2.24, 2.45) is 0 Å². The summed E-state index contributed by atoms with van der Waals surface area (Å²) >= 11 is 0. The fourth-order valence-electron chi connectivity index (χ4n) is 3.60. The van der Waals surface area contributed by atoms with Gasteiger partial charge in [-0.25, -0.2) is 9.97 Å². The van der Waals surface area contributed by atoms with E-state index in [1.807, 2.05) is 73.7 Å². The molecule has 0 atom stereocenters. The standard InChI is InChI=1S/C26H20N2O3/c1-17-6-8-18(9-7-17)14-20(29)15-19-10-11-21-22(16-19)28-26(24-5-3-13-31-24)25(27-21)23-4-2-12-30-23/h2-13,16H,14-15H2,1H3. The molecule has 3 aromatic heterocycles. The van der Waals surface area contributed by atoms with E-state index >= 15 is 0 Å². The molecule has 0 spiro atoms. The molecule has 2 aromatic carbocycles. The summed E-state index contributed by atoms with van der Waals surface area (Å²) in [6.45, 7) is 2.04. The number of aromatic nitrogens is 2. The third kappa shape index (κ3) is 4.03. The van der Waals surface area contributed by atoms with E-state index in [0.717, 1.165) is 16.6 Å². The van der Waals surface area contributed by atoms with Gasteiger partial charge in [-0.05, 0) is 54.4 Å². The first kappa shape index (κ1) is 19.0. The molecule has 5 rings (SSSR count). The average Bonchev–Trinajstić information content (AvgIpc) is 3.49. The molecule has 0 bridgehead atoms. The molecule has 5 nitrogen and oxygen atoms in total. The molecule has 0 unspecified atom stereocenters. The number of fused-ring (bicyclic) bond motifs is 1. The topological polar surface area (TPSA) is 69.1 Å². The van der Waals surface area contributed by atoms with Crippen molar-refractivity contribution in [1.29, 1.82) is 0 Å². The number of hydrogen-bond donors (Lipinski definition) is 0. The lowest BCUT2D eigenvalue weighted by Gasteiger charge is -2.08. The van der Waals surface area contributed by atoms with Gasteiger partial charge in [0.1, 0.15) is 17.2 Å². The maximum atomic E-state index is 12.6. The van der Waals surface area contributed by atoms with E-state index in [9.17, 15) is 4.79 Å². The molecule has 0 aliphatic carbocycles. The van der Waals surface area contributed by atoms with Crippen LogP contribution >= 0.6 is 0 Å². The number of benzene rings is 2. The molecule has 5 heteroatoms. The van der Waals surface area contributed by atoms with Crippen LogP contribution in [-0.4, -0.2) is 15.8 Å². The number of rotatable bonds is 6. The van der Waals surface area contributed by atoms with Crippen LogP contribution < -0.4 is 0 Å². The number of carbonyl (C=O) groups excluding carboxylic acids is 1. The Balaban J connectivity index is 1.47. The first-order valence-electron chi connectivity index (χ1n) is 10.1. The Morgan fingerprint density at radius 2 is 1.32 bits per heavy atom. The normalized spacial score (nSPS) is 11.1. The highest BCUT2D eigenvalue weighted by molar-refractivity contribution is 5.87. The fraction of sp³-hybridized carbons (Fsp3) is 0.115. The third-order valence-corrected chi connectivity index (χ3v) is 5.16. The Kier molecular flexibility index (Phi) is 4.92. The quantitative estimate of drug-likeness (QED) is 0.354. The number of aryl methyl sites for hydroxylation is 1. The van der Waals surface area contributed by atoms with Crippen molar-refractivity contribution in [3.63, 3.8) is 0 Å². The van der Waals surface area contributed by atoms with Crippen molar-refractivity contribution >= 4 is 16.8 Å². The predicted molar refractivity (Wildman–Crippen MR) is 119 cm³/mol. The Morgan fingerprint density at radius 1 is 0.742 bits per heavy atom. The summed E-state index contributed by atoms with van der Waals surface area (Å²) < 4.78 is 11.1. The number of Topliss-reactive ketones (excluding diaryl/α,β-unsaturated/α-hetero) is 1. The molecular formula is C26H20N2O3. The molecule has 5 aromatic rings. The van der Waals surface area contributed by atoms with Gasteiger partial charge in [-0.3, -0.25) is 4.79 Å². The highest BCUT2D eigenvalue weighted by atomic mass is 16.3. The molecule has 3 heterocycles. The molecule has 0 N–H and O–H groups in total. The maximum absolute atomic E-state index is 12.6. The van der Waals surface area contributed by atoms with Gasteiger partial charge >= 0.3 is 0 Å². The summed E-state index contributed by atoms with van der Waals surface area (Å²) in [6.07, 6.45) is 3.98. The van der Waals surface area contributed by atoms with Crippen LogP contribution in [0.3, 0.4) is 0 Å². The monoisotopic (exact) mass is 408 g/mol. The average molecular weight is 408 g/mol. The van der Waals surface area contributed by atoms with Gasteiger partial charge in [-0.1, -0.05) is 35.9 Å². The lowest BCUT2D eigenvalue weighted by Crippen LogP contribution is -2.07. The summed E-state index contributed by atoms with van der Waals surface area (Å²) in [5.41, 5.74) is 5.80. The molecule has 0 saturated heterocycles. The van der Waals surface area contributed by atoms with Crippen LogP contribution in [0.5, 0.6) is 0 Å². The first-order chi connectivity index (χ1) is 15.2. The zero-order valence-electron chi connectivity index (χ0n) is 17.0. The van der Waals surface area contributed by atoms with E-state index < -0.39 is 0 Å².